The van der Waals surface area contributed by atoms with Crippen molar-refractivity contribution < 1.29 is 93.4 Å². The van der Waals surface area contributed by atoms with Crippen molar-refractivity contribution in [2.24, 2.45) is 0 Å². The minimum atomic E-state index is -8.80. The maximum Gasteiger partial charge on any atom is 0.460 e. The molecule has 210 valence electrons. The number of likely N-dealkylation sites (N-methyl/N-ethyl adjacent to an activating group) is 1. The SMILES string of the molecule is C[N+](C)(CC(=O)O)CC(F)C(F)(F)C(F)(F)C(F)(F)C(F)(F)C(F)(F)C(F)(F)C(F)(F)C(F)(F)F. The molecular formula is C14H12F18NO2+. The fraction of sp³-hybridized carbons (Fsp3) is 0.929. The molecule has 0 saturated carbocycles. The number of carboxylic acid groups (broad SMARTS) is 1. The third-order valence-corrected chi connectivity index (χ3v) is 4.36. The van der Waals surface area contributed by atoms with Crippen LogP contribution in [0, 0.1) is 0 Å². The monoisotopic (exact) mass is 568 g/mol. The van der Waals surface area contributed by atoms with Gasteiger partial charge >= 0.3 is 53.6 Å². The average molecular weight is 568 g/mol. The first-order valence-corrected chi connectivity index (χ1v) is 8.19. The van der Waals surface area contributed by atoms with E-state index in [1.807, 2.05) is 0 Å². The zero-order chi connectivity index (χ0) is 29.1. The summed E-state index contributed by atoms with van der Waals surface area (Å²) in [6, 6.07) is 0. The average Bonchev–Trinajstić information content (AvgIpc) is 2.57. The van der Waals surface area contributed by atoms with Crippen LogP contribution in [0.4, 0.5) is 79.0 Å². The van der Waals surface area contributed by atoms with Crippen molar-refractivity contribution in [2.75, 3.05) is 27.2 Å². The summed E-state index contributed by atoms with van der Waals surface area (Å²) in [5.41, 5.74) is 0. The van der Waals surface area contributed by atoms with E-state index in [-0.39, 0.29) is 0 Å². The molecule has 35 heavy (non-hydrogen) atoms. The number of rotatable bonds is 11. The summed E-state index contributed by atoms with van der Waals surface area (Å²) < 4.78 is 235. The predicted octanol–water partition coefficient (Wildman–Crippen LogP) is 5.49. The molecule has 0 rings (SSSR count). The van der Waals surface area contributed by atoms with E-state index >= 15 is 0 Å². The Hall–Kier alpha value is -1.83. The fourth-order valence-electron chi connectivity index (χ4n) is 2.35. The van der Waals surface area contributed by atoms with Crippen LogP contribution in [-0.2, 0) is 4.79 Å². The highest BCUT2D eigenvalue weighted by molar-refractivity contribution is 5.67. The molecule has 0 bridgehead atoms. The summed E-state index contributed by atoms with van der Waals surface area (Å²) in [4.78, 5) is 10.5. The Morgan fingerprint density at radius 2 is 0.914 bits per heavy atom. The van der Waals surface area contributed by atoms with E-state index in [0.717, 1.165) is 0 Å². The Morgan fingerprint density at radius 1 is 0.629 bits per heavy atom. The molecule has 1 N–H and O–H groups in total. The van der Waals surface area contributed by atoms with Gasteiger partial charge in [0, 0.05) is 0 Å². The molecule has 0 amide bonds. The second kappa shape index (κ2) is 8.63. The van der Waals surface area contributed by atoms with E-state index in [9.17, 15) is 83.8 Å². The molecule has 0 radical (unpaired) electrons. The molecule has 0 aromatic rings. The molecule has 0 aliphatic carbocycles. The number of carboxylic acids is 1. The number of carbonyl (C=O) groups is 1. The first kappa shape index (κ1) is 33.2. The number of alkyl halides is 18. The summed E-state index contributed by atoms with van der Waals surface area (Å²) in [5.74, 6) is -60.4. The summed E-state index contributed by atoms with van der Waals surface area (Å²) in [6.45, 7) is -3.65. The Bertz CT molecular complexity index is 787. The second-order valence-corrected chi connectivity index (χ2v) is 7.70. The zero-order valence-electron chi connectivity index (χ0n) is 16.6. The highest BCUT2D eigenvalue weighted by atomic mass is 19.4. The fourth-order valence-corrected chi connectivity index (χ4v) is 2.35. The number of aliphatic carboxylic acids is 1. The van der Waals surface area contributed by atoms with Crippen LogP contribution in [0.25, 0.3) is 0 Å². The number of quaternary nitrogens is 1. The van der Waals surface area contributed by atoms with Gasteiger partial charge in [0.15, 0.2) is 6.54 Å². The van der Waals surface area contributed by atoms with Crippen molar-refractivity contribution in [3.05, 3.63) is 0 Å². The molecule has 0 aromatic carbocycles. The minimum absolute atomic E-state index is 0.482. The molecule has 0 fully saturated rings. The molecule has 0 heterocycles. The maximum atomic E-state index is 13.8. The Balaban J connectivity index is 6.66. The van der Waals surface area contributed by atoms with Gasteiger partial charge in [-0.15, -0.1) is 0 Å². The van der Waals surface area contributed by atoms with E-state index < -0.39 is 77.3 Å². The standard InChI is InChI=1S/C14H11F18NO2/c1-33(2,4-6(34)35)3-5(15)7(16,17)8(18,19)9(20,21)10(22,23)11(24,25)12(26,27)13(28,29)14(30,31)32/h5H,3-4H2,1-2H3/p+1. The first-order chi connectivity index (χ1) is 14.8. The molecule has 0 saturated heterocycles. The lowest BCUT2D eigenvalue weighted by molar-refractivity contribution is -0.886. The molecule has 0 aliphatic heterocycles. The lowest BCUT2D eigenvalue weighted by atomic mass is 9.88. The highest BCUT2D eigenvalue weighted by Crippen LogP contribution is 2.64. The van der Waals surface area contributed by atoms with Gasteiger partial charge in [-0.1, -0.05) is 0 Å². The van der Waals surface area contributed by atoms with Crippen LogP contribution in [0.5, 0.6) is 0 Å². The molecule has 0 spiro atoms. The summed E-state index contributed by atoms with van der Waals surface area (Å²) in [5, 5.41) is 8.46. The quantitative estimate of drug-likeness (QED) is 0.265. The lowest BCUT2D eigenvalue weighted by Gasteiger charge is -2.43. The molecule has 3 nitrogen and oxygen atoms in total. The van der Waals surface area contributed by atoms with E-state index in [1.54, 1.807) is 0 Å². The zero-order valence-corrected chi connectivity index (χ0v) is 16.6. The van der Waals surface area contributed by atoms with Crippen LogP contribution < -0.4 is 0 Å². The molecular weight excluding hydrogens is 556 g/mol. The van der Waals surface area contributed by atoms with Gasteiger partial charge in [-0.3, -0.25) is 0 Å². The van der Waals surface area contributed by atoms with Crippen LogP contribution in [0.15, 0.2) is 0 Å². The van der Waals surface area contributed by atoms with Gasteiger partial charge in [-0.2, -0.15) is 74.6 Å². The van der Waals surface area contributed by atoms with Gasteiger partial charge in [0.1, 0.15) is 6.54 Å². The third-order valence-electron chi connectivity index (χ3n) is 4.36. The smallest absolute Gasteiger partial charge is 0.460 e. The molecule has 0 aliphatic rings. The largest absolute Gasteiger partial charge is 0.477 e. The summed E-state index contributed by atoms with van der Waals surface area (Å²) >= 11 is 0. The van der Waals surface area contributed by atoms with Crippen molar-refractivity contribution in [1.82, 2.24) is 0 Å². The number of hydrogen-bond acceptors (Lipinski definition) is 1. The van der Waals surface area contributed by atoms with Crippen molar-refractivity contribution in [3.8, 4) is 0 Å². The lowest BCUT2D eigenvalue weighted by Crippen LogP contribution is -2.75. The van der Waals surface area contributed by atoms with Gasteiger partial charge in [-0.05, 0) is 0 Å². The first-order valence-electron chi connectivity index (χ1n) is 8.19. The third kappa shape index (κ3) is 4.92. The maximum absolute atomic E-state index is 13.8. The minimum Gasteiger partial charge on any atom is -0.477 e. The van der Waals surface area contributed by atoms with Gasteiger partial charge in [-0.25, -0.2) is 9.18 Å². The van der Waals surface area contributed by atoms with Gasteiger partial charge < -0.3 is 9.59 Å². The topological polar surface area (TPSA) is 37.3 Å². The van der Waals surface area contributed by atoms with E-state index in [4.69, 9.17) is 5.11 Å². The van der Waals surface area contributed by atoms with Crippen LogP contribution in [0.3, 0.4) is 0 Å². The molecule has 1 atom stereocenters. The Morgan fingerprint density at radius 3 is 1.20 bits per heavy atom. The van der Waals surface area contributed by atoms with E-state index in [2.05, 4.69) is 0 Å². The van der Waals surface area contributed by atoms with Crippen LogP contribution in [0.1, 0.15) is 0 Å². The van der Waals surface area contributed by atoms with Gasteiger partial charge in [0.2, 0.25) is 6.17 Å². The van der Waals surface area contributed by atoms with Gasteiger partial charge in [0.25, 0.3) is 0 Å². The Labute approximate surface area is 181 Å². The van der Waals surface area contributed by atoms with Crippen molar-refractivity contribution >= 4 is 5.97 Å². The van der Waals surface area contributed by atoms with E-state index in [0.29, 0.717) is 14.1 Å². The van der Waals surface area contributed by atoms with Crippen molar-refractivity contribution in [2.45, 2.75) is 53.8 Å². The van der Waals surface area contributed by atoms with E-state index in [1.165, 1.54) is 0 Å². The van der Waals surface area contributed by atoms with Crippen molar-refractivity contribution in [3.63, 3.8) is 0 Å². The normalized spacial score (nSPS) is 16.9. The van der Waals surface area contributed by atoms with Crippen molar-refractivity contribution in [1.29, 1.82) is 0 Å². The highest BCUT2D eigenvalue weighted by Gasteiger charge is 2.95. The molecule has 0 aromatic heterocycles. The van der Waals surface area contributed by atoms with Crippen LogP contribution in [0.2, 0.25) is 0 Å². The number of hydrogen-bond donors (Lipinski definition) is 1. The van der Waals surface area contributed by atoms with Gasteiger partial charge in [0.05, 0.1) is 14.1 Å². The predicted molar refractivity (Wildman–Crippen MR) is 75.1 cm³/mol. The van der Waals surface area contributed by atoms with Crippen LogP contribution >= 0.6 is 0 Å². The number of nitrogens with zero attached hydrogens (tertiary/aromatic N) is 1. The molecule has 21 heteroatoms. The number of halogens is 18. The summed E-state index contributed by atoms with van der Waals surface area (Å²) in [6.07, 6.45) is -12.7. The summed E-state index contributed by atoms with van der Waals surface area (Å²) in [7, 11) is 0.963. The van der Waals surface area contributed by atoms with Crippen LogP contribution in [-0.4, -0.2) is 96.5 Å². The second-order valence-electron chi connectivity index (χ2n) is 7.70. The molecule has 1 unspecified atom stereocenters. The Kier molecular flexibility index (Phi) is 8.18.